The molecule has 0 aromatic carbocycles. The lowest BCUT2D eigenvalue weighted by molar-refractivity contribution is -0.125. The Morgan fingerprint density at radius 2 is 2.29 bits per heavy atom. The molecule has 0 spiro atoms. The monoisotopic (exact) mass is 234 g/mol. The van der Waals surface area contributed by atoms with Crippen LogP contribution >= 0.6 is 0 Å². The second-order valence-corrected chi connectivity index (χ2v) is 4.84. The third-order valence-corrected chi connectivity index (χ3v) is 3.66. The first-order valence-electron chi connectivity index (χ1n) is 6.28. The van der Waals surface area contributed by atoms with Crippen molar-refractivity contribution in [3.05, 3.63) is 22.6 Å². The van der Waals surface area contributed by atoms with Gasteiger partial charge in [-0.25, -0.2) is 0 Å². The highest BCUT2D eigenvalue weighted by Crippen LogP contribution is 2.43. The van der Waals surface area contributed by atoms with Gasteiger partial charge in [0.2, 0.25) is 5.91 Å². The molecule has 92 valence electrons. The lowest BCUT2D eigenvalue weighted by Gasteiger charge is -2.17. The van der Waals surface area contributed by atoms with Crippen molar-refractivity contribution in [1.82, 2.24) is 5.32 Å². The van der Waals surface area contributed by atoms with Gasteiger partial charge in [-0.15, -0.1) is 0 Å². The van der Waals surface area contributed by atoms with E-state index in [0.717, 1.165) is 25.7 Å². The summed E-state index contributed by atoms with van der Waals surface area (Å²) in [4.78, 5) is 14.6. The SMILES string of the molecule is [N-]=[N+]=NCCCCNC(=O)C1CC2C=CC1C2. The summed E-state index contributed by atoms with van der Waals surface area (Å²) in [5.74, 6) is 1.51. The fourth-order valence-electron chi connectivity index (χ4n) is 2.78. The molecule has 0 radical (unpaired) electrons. The molecule has 3 unspecified atom stereocenters. The zero-order valence-corrected chi connectivity index (χ0v) is 9.88. The number of carbonyl (C=O) groups is 1. The van der Waals surface area contributed by atoms with Gasteiger partial charge in [0.1, 0.15) is 0 Å². The number of carbonyl (C=O) groups excluding carboxylic acids is 1. The fourth-order valence-corrected chi connectivity index (χ4v) is 2.78. The third kappa shape index (κ3) is 3.01. The van der Waals surface area contributed by atoms with Gasteiger partial charge in [0.15, 0.2) is 0 Å². The normalized spacial score (nSPS) is 29.1. The summed E-state index contributed by atoms with van der Waals surface area (Å²) in [5.41, 5.74) is 8.10. The van der Waals surface area contributed by atoms with Crippen molar-refractivity contribution in [3.63, 3.8) is 0 Å². The van der Waals surface area contributed by atoms with Crippen molar-refractivity contribution in [2.75, 3.05) is 13.1 Å². The summed E-state index contributed by atoms with van der Waals surface area (Å²) in [5, 5.41) is 6.43. The van der Waals surface area contributed by atoms with E-state index in [4.69, 9.17) is 5.53 Å². The minimum absolute atomic E-state index is 0.196. The average Bonchev–Trinajstić information content (AvgIpc) is 2.95. The smallest absolute Gasteiger partial charge is 0.223 e. The van der Waals surface area contributed by atoms with Gasteiger partial charge < -0.3 is 5.32 Å². The van der Waals surface area contributed by atoms with Crippen LogP contribution < -0.4 is 5.32 Å². The third-order valence-electron chi connectivity index (χ3n) is 3.66. The Balaban J connectivity index is 1.61. The highest BCUT2D eigenvalue weighted by Gasteiger charge is 2.39. The van der Waals surface area contributed by atoms with Gasteiger partial charge in [0.25, 0.3) is 0 Å². The van der Waals surface area contributed by atoms with Gasteiger partial charge >= 0.3 is 0 Å². The molecule has 2 aliphatic rings. The van der Waals surface area contributed by atoms with E-state index in [0.29, 0.717) is 24.9 Å². The zero-order chi connectivity index (χ0) is 12.1. The molecule has 3 atom stereocenters. The molecule has 1 N–H and O–H groups in total. The van der Waals surface area contributed by atoms with Crippen LogP contribution in [0.15, 0.2) is 17.3 Å². The summed E-state index contributed by atoms with van der Waals surface area (Å²) >= 11 is 0. The number of nitrogens with zero attached hydrogens (tertiary/aromatic N) is 3. The molecule has 0 aromatic heterocycles. The predicted octanol–water partition coefficient (Wildman–Crippen LogP) is 2.41. The Kier molecular flexibility index (Phi) is 4.04. The predicted molar refractivity (Wildman–Crippen MR) is 65.1 cm³/mol. The van der Waals surface area contributed by atoms with Crippen LogP contribution in [0.3, 0.4) is 0 Å². The number of fused-ring (bicyclic) bond motifs is 2. The van der Waals surface area contributed by atoms with Crippen molar-refractivity contribution in [3.8, 4) is 0 Å². The number of azide groups is 1. The van der Waals surface area contributed by atoms with Crippen molar-refractivity contribution in [2.24, 2.45) is 22.9 Å². The number of amides is 1. The van der Waals surface area contributed by atoms with Crippen molar-refractivity contribution < 1.29 is 4.79 Å². The van der Waals surface area contributed by atoms with E-state index >= 15 is 0 Å². The Labute approximate surface area is 101 Å². The van der Waals surface area contributed by atoms with Crippen LogP contribution in [0.5, 0.6) is 0 Å². The van der Waals surface area contributed by atoms with Gasteiger partial charge in [-0.05, 0) is 43.1 Å². The number of unbranched alkanes of at least 4 members (excludes halogenated alkanes) is 1. The van der Waals surface area contributed by atoms with E-state index in [1.54, 1.807) is 0 Å². The van der Waals surface area contributed by atoms with Crippen LogP contribution in [-0.2, 0) is 4.79 Å². The molecule has 0 heterocycles. The lowest BCUT2D eigenvalue weighted by Crippen LogP contribution is -2.33. The van der Waals surface area contributed by atoms with Gasteiger partial charge in [-0.2, -0.15) is 0 Å². The molecule has 17 heavy (non-hydrogen) atoms. The quantitative estimate of drug-likeness (QED) is 0.247. The summed E-state index contributed by atoms with van der Waals surface area (Å²) in [6.45, 7) is 1.21. The largest absolute Gasteiger partial charge is 0.356 e. The Morgan fingerprint density at radius 3 is 2.94 bits per heavy atom. The molecule has 0 aliphatic heterocycles. The number of nitrogens with one attached hydrogen (secondary N) is 1. The second-order valence-electron chi connectivity index (χ2n) is 4.84. The molecule has 2 aliphatic carbocycles. The molecular formula is C12H18N4O. The number of allylic oxidation sites excluding steroid dienone is 2. The average molecular weight is 234 g/mol. The van der Waals surface area contributed by atoms with Gasteiger partial charge in [0, 0.05) is 23.9 Å². The van der Waals surface area contributed by atoms with Crippen LogP contribution in [0, 0.1) is 17.8 Å². The summed E-state index contributed by atoms with van der Waals surface area (Å²) in [6, 6.07) is 0. The van der Waals surface area contributed by atoms with Gasteiger partial charge in [-0.1, -0.05) is 17.3 Å². The highest BCUT2D eigenvalue weighted by molar-refractivity contribution is 5.79. The molecule has 2 bridgehead atoms. The zero-order valence-electron chi connectivity index (χ0n) is 9.88. The van der Waals surface area contributed by atoms with Crippen molar-refractivity contribution in [2.45, 2.75) is 25.7 Å². The number of hydrogen-bond acceptors (Lipinski definition) is 2. The maximum atomic E-state index is 11.9. The Bertz CT molecular complexity index is 360. The van der Waals surface area contributed by atoms with Crippen molar-refractivity contribution >= 4 is 5.91 Å². The first kappa shape index (κ1) is 12.0. The summed E-state index contributed by atoms with van der Waals surface area (Å²) in [7, 11) is 0. The van der Waals surface area contributed by atoms with E-state index in [2.05, 4.69) is 27.5 Å². The number of rotatable bonds is 6. The molecule has 1 fully saturated rings. The van der Waals surface area contributed by atoms with Crippen LogP contribution in [0.4, 0.5) is 0 Å². The number of hydrogen-bond donors (Lipinski definition) is 1. The van der Waals surface area contributed by atoms with E-state index < -0.39 is 0 Å². The van der Waals surface area contributed by atoms with E-state index in [1.807, 2.05) is 0 Å². The van der Waals surface area contributed by atoms with Gasteiger partial charge in [-0.3, -0.25) is 4.79 Å². The highest BCUT2D eigenvalue weighted by atomic mass is 16.1. The maximum absolute atomic E-state index is 11.9. The standard InChI is InChI=1S/C12H18N4O/c13-16-15-6-2-1-5-14-12(17)11-8-9-3-4-10(11)7-9/h3-4,9-11H,1-2,5-8H2,(H,14,17). The molecule has 1 amide bonds. The fraction of sp³-hybridized carbons (Fsp3) is 0.750. The molecule has 5 heteroatoms. The second kappa shape index (κ2) is 5.73. The van der Waals surface area contributed by atoms with E-state index in [9.17, 15) is 4.79 Å². The molecular weight excluding hydrogens is 216 g/mol. The first-order valence-corrected chi connectivity index (χ1v) is 6.28. The molecule has 1 saturated carbocycles. The van der Waals surface area contributed by atoms with Crippen LogP contribution in [-0.4, -0.2) is 19.0 Å². The summed E-state index contributed by atoms with van der Waals surface area (Å²) < 4.78 is 0. The molecule has 5 nitrogen and oxygen atoms in total. The van der Waals surface area contributed by atoms with Crippen LogP contribution in [0.2, 0.25) is 0 Å². The molecule has 0 saturated heterocycles. The molecule has 0 aromatic rings. The minimum Gasteiger partial charge on any atom is -0.356 e. The van der Waals surface area contributed by atoms with Crippen molar-refractivity contribution in [1.29, 1.82) is 0 Å². The minimum atomic E-state index is 0.196. The molecule has 2 rings (SSSR count). The first-order chi connectivity index (χ1) is 8.31. The van der Waals surface area contributed by atoms with Crippen LogP contribution in [0.25, 0.3) is 10.4 Å². The van der Waals surface area contributed by atoms with E-state index in [-0.39, 0.29) is 11.8 Å². The topological polar surface area (TPSA) is 77.9 Å². The van der Waals surface area contributed by atoms with E-state index in [1.165, 1.54) is 0 Å². The van der Waals surface area contributed by atoms with Gasteiger partial charge in [0.05, 0.1) is 0 Å². The Hall–Kier alpha value is -1.48. The Morgan fingerprint density at radius 1 is 1.41 bits per heavy atom. The maximum Gasteiger partial charge on any atom is 0.223 e. The lowest BCUT2D eigenvalue weighted by atomic mass is 9.93. The van der Waals surface area contributed by atoms with Crippen LogP contribution in [0.1, 0.15) is 25.7 Å². The summed E-state index contributed by atoms with van der Waals surface area (Å²) in [6.07, 6.45) is 8.33.